The number of anilines is 1. The van der Waals surface area contributed by atoms with E-state index >= 15 is 0 Å². The molecule has 0 aliphatic rings. The molecule has 8 heteroatoms. The predicted molar refractivity (Wildman–Crippen MR) is 60.8 cm³/mol. The zero-order valence-corrected chi connectivity index (χ0v) is 10.4. The third-order valence-corrected chi connectivity index (χ3v) is 2.62. The fourth-order valence-electron chi connectivity index (χ4n) is 1.35. The standard InChI is InChI=1S/C10H7BrF3N3O/c11-6-1-2-7(10(12,13)14)8(3-6)15-4-9-16-5-18-17-9/h1-3,5,15H,4H2. The van der Waals surface area contributed by atoms with Gasteiger partial charge in [0.25, 0.3) is 0 Å². The SMILES string of the molecule is FC(F)(F)c1ccc(Br)cc1NCc1ncon1. The Morgan fingerprint density at radius 3 is 2.72 bits per heavy atom. The molecular formula is C10H7BrF3N3O. The van der Waals surface area contributed by atoms with Crippen molar-refractivity contribution in [2.24, 2.45) is 0 Å². The van der Waals surface area contributed by atoms with E-state index in [-0.39, 0.29) is 18.1 Å². The summed E-state index contributed by atoms with van der Waals surface area (Å²) in [5, 5.41) is 6.13. The molecule has 18 heavy (non-hydrogen) atoms. The van der Waals surface area contributed by atoms with Crippen LogP contribution in [0.25, 0.3) is 0 Å². The highest BCUT2D eigenvalue weighted by Gasteiger charge is 2.33. The molecule has 0 bridgehead atoms. The first-order valence-corrected chi connectivity index (χ1v) is 5.62. The number of benzene rings is 1. The van der Waals surface area contributed by atoms with E-state index in [0.717, 1.165) is 12.5 Å². The average molecular weight is 322 g/mol. The van der Waals surface area contributed by atoms with Crippen molar-refractivity contribution in [1.29, 1.82) is 0 Å². The number of hydrogen-bond donors (Lipinski definition) is 1. The van der Waals surface area contributed by atoms with Crippen molar-refractivity contribution in [3.05, 3.63) is 40.5 Å². The maximum absolute atomic E-state index is 12.7. The van der Waals surface area contributed by atoms with Gasteiger partial charge in [-0.2, -0.15) is 18.2 Å². The van der Waals surface area contributed by atoms with Gasteiger partial charge in [-0.15, -0.1) is 0 Å². The Labute approximate surface area is 108 Å². The van der Waals surface area contributed by atoms with Crippen LogP contribution in [-0.4, -0.2) is 10.1 Å². The first-order chi connectivity index (χ1) is 8.47. The first-order valence-electron chi connectivity index (χ1n) is 4.82. The van der Waals surface area contributed by atoms with Crippen molar-refractivity contribution >= 4 is 21.6 Å². The van der Waals surface area contributed by atoms with Crippen LogP contribution in [0.1, 0.15) is 11.4 Å². The van der Waals surface area contributed by atoms with Gasteiger partial charge in [-0.05, 0) is 18.2 Å². The molecule has 0 spiro atoms. The van der Waals surface area contributed by atoms with Gasteiger partial charge in [-0.25, -0.2) is 0 Å². The van der Waals surface area contributed by atoms with Gasteiger partial charge in [0.15, 0.2) is 5.82 Å². The summed E-state index contributed by atoms with van der Waals surface area (Å²) in [6.07, 6.45) is -3.30. The van der Waals surface area contributed by atoms with Crippen LogP contribution < -0.4 is 5.32 Å². The predicted octanol–water partition coefficient (Wildman–Crippen LogP) is 3.46. The molecule has 0 amide bonds. The second-order valence-corrected chi connectivity index (χ2v) is 4.30. The van der Waals surface area contributed by atoms with Gasteiger partial charge >= 0.3 is 6.18 Å². The number of hydrogen-bond acceptors (Lipinski definition) is 4. The molecule has 96 valence electrons. The molecule has 0 saturated heterocycles. The minimum Gasteiger partial charge on any atom is -0.377 e. The lowest BCUT2D eigenvalue weighted by Gasteiger charge is -2.13. The van der Waals surface area contributed by atoms with Crippen LogP contribution in [0.3, 0.4) is 0 Å². The highest BCUT2D eigenvalue weighted by molar-refractivity contribution is 9.10. The summed E-state index contributed by atoms with van der Waals surface area (Å²) >= 11 is 3.12. The van der Waals surface area contributed by atoms with E-state index in [2.05, 4.69) is 35.9 Å². The second kappa shape index (κ2) is 4.97. The zero-order chi connectivity index (χ0) is 13.2. The van der Waals surface area contributed by atoms with E-state index in [0.29, 0.717) is 4.47 Å². The monoisotopic (exact) mass is 321 g/mol. The largest absolute Gasteiger partial charge is 0.418 e. The van der Waals surface area contributed by atoms with Crippen molar-refractivity contribution in [1.82, 2.24) is 10.1 Å². The molecule has 0 fully saturated rings. The Kier molecular flexibility index (Phi) is 3.55. The molecule has 0 saturated carbocycles. The van der Waals surface area contributed by atoms with E-state index in [1.54, 1.807) is 0 Å². The number of nitrogens with one attached hydrogen (secondary N) is 1. The van der Waals surface area contributed by atoms with Crippen LogP contribution in [0, 0.1) is 0 Å². The molecule has 1 aromatic heterocycles. The molecule has 1 N–H and O–H groups in total. The third-order valence-electron chi connectivity index (χ3n) is 2.13. The first kappa shape index (κ1) is 12.9. The van der Waals surface area contributed by atoms with Gasteiger partial charge in [0.2, 0.25) is 6.39 Å². The highest BCUT2D eigenvalue weighted by atomic mass is 79.9. The van der Waals surface area contributed by atoms with Crippen molar-refractivity contribution in [3.8, 4) is 0 Å². The average Bonchev–Trinajstić information content (AvgIpc) is 2.77. The van der Waals surface area contributed by atoms with E-state index in [1.165, 1.54) is 12.1 Å². The minimum absolute atomic E-state index is 0.0401. The van der Waals surface area contributed by atoms with Gasteiger partial charge in [0.05, 0.1) is 12.1 Å². The number of halogens is 4. The molecule has 0 aliphatic heterocycles. The van der Waals surface area contributed by atoms with Gasteiger partial charge in [0.1, 0.15) is 0 Å². The Hall–Kier alpha value is -1.57. The smallest absolute Gasteiger partial charge is 0.377 e. The summed E-state index contributed by atoms with van der Waals surface area (Å²) in [7, 11) is 0. The van der Waals surface area contributed by atoms with Gasteiger partial charge in [-0.1, -0.05) is 21.1 Å². The summed E-state index contributed by atoms with van der Waals surface area (Å²) in [6, 6.07) is 3.69. The van der Waals surface area contributed by atoms with Crippen molar-refractivity contribution in [2.75, 3.05) is 5.32 Å². The van der Waals surface area contributed by atoms with Crippen LogP contribution in [0.15, 0.2) is 33.6 Å². The van der Waals surface area contributed by atoms with E-state index in [4.69, 9.17) is 0 Å². The molecule has 0 atom stereocenters. The van der Waals surface area contributed by atoms with Gasteiger partial charge < -0.3 is 9.84 Å². The third kappa shape index (κ3) is 3.00. The molecule has 4 nitrogen and oxygen atoms in total. The van der Waals surface area contributed by atoms with Gasteiger partial charge in [0, 0.05) is 10.2 Å². The molecule has 2 rings (SSSR count). The zero-order valence-electron chi connectivity index (χ0n) is 8.83. The quantitative estimate of drug-likeness (QED) is 0.940. The van der Waals surface area contributed by atoms with Crippen molar-refractivity contribution in [2.45, 2.75) is 12.7 Å². The van der Waals surface area contributed by atoms with Crippen LogP contribution >= 0.6 is 15.9 Å². The molecule has 0 radical (unpaired) electrons. The number of alkyl halides is 3. The normalized spacial score (nSPS) is 11.6. The molecule has 2 aromatic rings. The molecule has 1 heterocycles. The Balaban J connectivity index is 2.23. The maximum Gasteiger partial charge on any atom is 0.418 e. The summed E-state index contributed by atoms with van der Waals surface area (Å²) in [5.74, 6) is 0.281. The number of aromatic nitrogens is 2. The lowest BCUT2D eigenvalue weighted by Crippen LogP contribution is -2.11. The lowest BCUT2D eigenvalue weighted by atomic mass is 10.1. The van der Waals surface area contributed by atoms with E-state index in [9.17, 15) is 13.2 Å². The Bertz CT molecular complexity index is 528. The number of rotatable bonds is 3. The molecule has 0 aliphatic carbocycles. The maximum atomic E-state index is 12.7. The van der Waals surface area contributed by atoms with Crippen LogP contribution in [0.2, 0.25) is 0 Å². The van der Waals surface area contributed by atoms with Crippen molar-refractivity contribution in [3.63, 3.8) is 0 Å². The minimum atomic E-state index is -4.42. The van der Waals surface area contributed by atoms with Crippen molar-refractivity contribution < 1.29 is 17.7 Å². The Morgan fingerprint density at radius 2 is 2.11 bits per heavy atom. The lowest BCUT2D eigenvalue weighted by molar-refractivity contribution is -0.137. The van der Waals surface area contributed by atoms with Crippen LogP contribution in [0.4, 0.5) is 18.9 Å². The van der Waals surface area contributed by atoms with Gasteiger partial charge in [-0.3, -0.25) is 0 Å². The summed E-state index contributed by atoms with van der Waals surface area (Å²) in [5.41, 5.74) is -0.782. The molecule has 0 unspecified atom stereocenters. The fourth-order valence-corrected chi connectivity index (χ4v) is 1.72. The summed E-state index contributed by atoms with van der Waals surface area (Å²) < 4.78 is 43.3. The van der Waals surface area contributed by atoms with E-state index < -0.39 is 11.7 Å². The topological polar surface area (TPSA) is 51.0 Å². The number of nitrogens with zero attached hydrogens (tertiary/aromatic N) is 2. The summed E-state index contributed by atoms with van der Waals surface area (Å²) in [4.78, 5) is 3.71. The van der Waals surface area contributed by atoms with Crippen LogP contribution in [0.5, 0.6) is 0 Å². The second-order valence-electron chi connectivity index (χ2n) is 3.39. The summed E-state index contributed by atoms with van der Waals surface area (Å²) in [6.45, 7) is 0.0516. The fraction of sp³-hybridized carbons (Fsp3) is 0.200. The van der Waals surface area contributed by atoms with Crippen LogP contribution in [-0.2, 0) is 12.7 Å². The highest BCUT2D eigenvalue weighted by Crippen LogP contribution is 2.36. The Morgan fingerprint density at radius 1 is 1.33 bits per heavy atom. The van der Waals surface area contributed by atoms with E-state index in [1.807, 2.05) is 0 Å². The molecule has 1 aromatic carbocycles. The molecular weight excluding hydrogens is 315 g/mol.